The zero-order chi connectivity index (χ0) is 17.0. The van der Waals surface area contributed by atoms with E-state index in [1.165, 1.54) is 13.8 Å². The molecule has 1 aromatic rings. The first kappa shape index (κ1) is 24.9. The van der Waals surface area contributed by atoms with E-state index in [0.717, 1.165) is 0 Å². The summed E-state index contributed by atoms with van der Waals surface area (Å²) in [5.41, 5.74) is 0.461. The van der Waals surface area contributed by atoms with Gasteiger partial charge in [-0.15, -0.1) is 0 Å². The normalized spacial score (nSPS) is 7.73. The molecule has 0 unspecified atom stereocenters. The van der Waals surface area contributed by atoms with Gasteiger partial charge >= 0.3 is 29.0 Å². The van der Waals surface area contributed by atoms with E-state index >= 15 is 0 Å². The van der Waals surface area contributed by atoms with Gasteiger partial charge < -0.3 is 24.9 Å². The first-order valence-electron chi connectivity index (χ1n) is 5.61. The van der Waals surface area contributed by atoms with Crippen LogP contribution in [0.2, 0.25) is 0 Å². The van der Waals surface area contributed by atoms with E-state index in [-0.39, 0.29) is 34.2 Å². The molecule has 0 fully saturated rings. The second kappa shape index (κ2) is 13.8. The van der Waals surface area contributed by atoms with Gasteiger partial charge in [-0.1, -0.05) is 31.4 Å². The Morgan fingerprint density at radius 2 is 1.18 bits per heavy atom. The van der Waals surface area contributed by atoms with Crippen molar-refractivity contribution in [1.82, 2.24) is 0 Å². The number of rotatable bonds is 3. The molecule has 1 N–H and O–H groups in total. The van der Waals surface area contributed by atoms with E-state index in [1.54, 1.807) is 30.3 Å². The fourth-order valence-corrected chi connectivity index (χ4v) is 0.581. The van der Waals surface area contributed by atoms with Gasteiger partial charge in [0.25, 0.3) is 0 Å². The van der Waals surface area contributed by atoms with Gasteiger partial charge in [0.15, 0.2) is 0 Å². The molecule has 0 saturated carbocycles. The van der Waals surface area contributed by atoms with E-state index in [9.17, 15) is 24.6 Å². The third-order valence-electron chi connectivity index (χ3n) is 1.72. The van der Waals surface area contributed by atoms with E-state index in [0.29, 0.717) is 5.56 Å². The summed E-state index contributed by atoms with van der Waals surface area (Å²) in [4.78, 5) is 29.2. The minimum Gasteiger partial charge on any atom is -0.545 e. The smallest absolute Gasteiger partial charge is 0.545 e. The van der Waals surface area contributed by atoms with Crippen LogP contribution in [0.3, 0.4) is 0 Å². The molecule has 0 heterocycles. The summed E-state index contributed by atoms with van der Waals surface area (Å²) in [7, 11) is 0. The monoisotopic (exact) mass is 316 g/mol. The van der Waals surface area contributed by atoms with Crippen molar-refractivity contribution >= 4 is 41.0 Å². The summed E-state index contributed by atoms with van der Waals surface area (Å²) in [6.07, 6.45) is 0. The molecular weight excluding hydrogens is 300 g/mol. The Morgan fingerprint density at radius 1 is 0.909 bits per heavy atom. The maximum Gasteiger partial charge on any atom is 2.00 e. The Bertz CT molecular complexity index is 474. The van der Waals surface area contributed by atoms with Crippen molar-refractivity contribution in [2.45, 2.75) is 13.8 Å². The fraction of sp³-hybridized carbons (Fsp3) is 0.133. The number of hydrogen-bond donors (Lipinski definition) is 1. The molecule has 0 aliphatic carbocycles. The molecule has 114 valence electrons. The van der Waals surface area contributed by atoms with Gasteiger partial charge in [0.2, 0.25) is 0 Å². The van der Waals surface area contributed by atoms with Crippen LogP contribution in [0, 0.1) is 0 Å². The summed E-state index contributed by atoms with van der Waals surface area (Å²) in [6, 6.07) is 8.30. The molecule has 0 amide bonds. The fourth-order valence-electron chi connectivity index (χ4n) is 0.581. The Morgan fingerprint density at radius 3 is 1.32 bits per heavy atom. The Hall–Kier alpha value is -2.12. The average Bonchev–Trinajstić information content (AvgIpc) is 2.40. The van der Waals surface area contributed by atoms with Gasteiger partial charge in [0.05, 0.1) is 17.5 Å². The molecule has 0 aromatic heterocycles. The van der Waals surface area contributed by atoms with E-state index in [4.69, 9.17) is 5.11 Å². The van der Waals surface area contributed by atoms with Gasteiger partial charge in [0, 0.05) is 0 Å². The average molecular weight is 317 g/mol. The molecule has 0 radical (unpaired) electrons. The standard InChI is InChI=1S/C7H6O2.2C4H6O2.Mg/c8-7(9)6-4-2-1-3-5-6;2*1-3(2)4(5)6;/h1-5H,(H,8,9);2*1H2,2H3,(H,5,6);/q;;;+2/p-2. The molecule has 0 atom stereocenters. The third-order valence-corrected chi connectivity index (χ3v) is 1.72. The minimum absolute atomic E-state index is 0. The summed E-state index contributed by atoms with van der Waals surface area (Å²) in [6.45, 7) is 8.95. The number of aromatic carboxylic acids is 1. The number of carboxylic acids is 3. The number of carbonyl (C=O) groups is 3. The van der Waals surface area contributed by atoms with Crippen molar-refractivity contribution in [2.75, 3.05) is 0 Å². The van der Waals surface area contributed by atoms with E-state index in [1.807, 2.05) is 0 Å². The molecule has 0 aliphatic heterocycles. The molecule has 7 heteroatoms. The molecule has 0 spiro atoms. The summed E-state index contributed by atoms with van der Waals surface area (Å²) in [5.74, 6) is -3.25. The van der Waals surface area contributed by atoms with Crippen LogP contribution in [0.25, 0.3) is 0 Å². The number of benzene rings is 1. The van der Waals surface area contributed by atoms with Gasteiger partial charge in [-0.25, -0.2) is 4.79 Å². The molecular formula is C15H16MgO6. The van der Waals surface area contributed by atoms with Gasteiger partial charge in [-0.3, -0.25) is 0 Å². The second-order valence-electron chi connectivity index (χ2n) is 3.81. The topological polar surface area (TPSA) is 118 Å². The van der Waals surface area contributed by atoms with E-state index < -0.39 is 17.9 Å². The molecule has 0 aliphatic rings. The van der Waals surface area contributed by atoms with Crippen LogP contribution in [0.15, 0.2) is 54.6 Å². The molecule has 1 rings (SSSR count). The van der Waals surface area contributed by atoms with Gasteiger partial charge in [0.1, 0.15) is 0 Å². The van der Waals surface area contributed by atoms with Crippen molar-refractivity contribution in [3.8, 4) is 0 Å². The molecule has 0 saturated heterocycles. The SMILES string of the molecule is C=C(C)C(=O)[O-].C=C(C)C(=O)[O-].O=C(O)c1ccccc1.[Mg+2]. The number of carbonyl (C=O) groups excluding carboxylic acids is 2. The van der Waals surface area contributed by atoms with Crippen molar-refractivity contribution in [1.29, 1.82) is 0 Å². The molecule has 6 nitrogen and oxygen atoms in total. The Balaban J connectivity index is -0.000000250. The van der Waals surface area contributed by atoms with Crippen LogP contribution in [-0.2, 0) is 9.59 Å². The van der Waals surface area contributed by atoms with Crippen LogP contribution >= 0.6 is 0 Å². The van der Waals surface area contributed by atoms with Gasteiger partial charge in [-0.2, -0.15) is 0 Å². The van der Waals surface area contributed by atoms with Crippen LogP contribution in [0.5, 0.6) is 0 Å². The van der Waals surface area contributed by atoms with Crippen molar-refractivity contribution in [3.05, 3.63) is 60.2 Å². The number of hydrogen-bond acceptors (Lipinski definition) is 5. The summed E-state index contributed by atoms with van der Waals surface area (Å²) < 4.78 is 0. The largest absolute Gasteiger partial charge is 2.00 e. The first-order chi connectivity index (χ1) is 9.59. The molecule has 1 aromatic carbocycles. The van der Waals surface area contributed by atoms with Gasteiger partial charge in [-0.05, 0) is 37.1 Å². The predicted octanol–water partition coefficient (Wildman–Crippen LogP) is -0.371. The zero-order valence-electron chi connectivity index (χ0n) is 12.5. The van der Waals surface area contributed by atoms with Crippen molar-refractivity contribution < 1.29 is 29.7 Å². The molecule has 0 bridgehead atoms. The first-order valence-corrected chi connectivity index (χ1v) is 5.61. The van der Waals surface area contributed by atoms with Crippen molar-refractivity contribution in [2.24, 2.45) is 0 Å². The van der Waals surface area contributed by atoms with Crippen LogP contribution < -0.4 is 10.2 Å². The van der Waals surface area contributed by atoms with Crippen molar-refractivity contribution in [3.63, 3.8) is 0 Å². The maximum atomic E-state index is 10.2. The summed E-state index contributed by atoms with van der Waals surface area (Å²) >= 11 is 0. The van der Waals surface area contributed by atoms with Crippen LogP contribution in [0.1, 0.15) is 24.2 Å². The minimum atomic E-state index is -1.19. The third kappa shape index (κ3) is 15.9. The number of aliphatic carboxylic acids is 2. The maximum absolute atomic E-state index is 10.2. The summed E-state index contributed by atoms with van der Waals surface area (Å²) in [5, 5.41) is 27.4. The Labute approximate surface area is 144 Å². The van der Waals surface area contributed by atoms with Crippen LogP contribution in [-0.4, -0.2) is 46.1 Å². The zero-order valence-corrected chi connectivity index (χ0v) is 13.9. The van der Waals surface area contributed by atoms with Crippen LogP contribution in [0.4, 0.5) is 0 Å². The van der Waals surface area contributed by atoms with E-state index in [2.05, 4.69) is 13.2 Å². The second-order valence-corrected chi connectivity index (χ2v) is 3.81. The predicted molar refractivity (Wildman–Crippen MR) is 78.8 cm³/mol. The number of carboxylic acid groups (broad SMARTS) is 3. The molecule has 22 heavy (non-hydrogen) atoms. The Kier molecular flexibility index (Phi) is 15.6. The quantitative estimate of drug-likeness (QED) is 0.600.